The molecular formula is C23H25F3N2O4. The first-order chi connectivity index (χ1) is 19.1. The van der Waals surface area contributed by atoms with E-state index in [-0.39, 0.29) is 11.5 Å². The number of nitrogens with one attached hydrogen (secondary N) is 1. The Balaban J connectivity index is 2.11. The third kappa shape index (κ3) is 5.33. The first-order valence-electron chi connectivity index (χ1n) is 14.3. The molecule has 2 aromatic rings. The fourth-order valence-corrected chi connectivity index (χ4v) is 3.34. The summed E-state index contributed by atoms with van der Waals surface area (Å²) in [5.74, 6) is 0. The van der Waals surface area contributed by atoms with Crippen molar-refractivity contribution in [3.8, 4) is 0 Å². The molecule has 0 aromatic heterocycles. The lowest BCUT2D eigenvalue weighted by atomic mass is 9.89. The summed E-state index contributed by atoms with van der Waals surface area (Å²) in [7, 11) is 0. The van der Waals surface area contributed by atoms with Crippen LogP contribution in [0.1, 0.15) is 62.9 Å². The monoisotopic (exact) mass is 460 g/mol. The molecule has 2 atom stereocenters. The molecule has 0 fully saturated rings. The van der Waals surface area contributed by atoms with E-state index in [2.05, 4.69) is 10.1 Å². The minimum atomic E-state index is -4.92. The summed E-state index contributed by atoms with van der Waals surface area (Å²) in [6.07, 6.45) is -12.1. The van der Waals surface area contributed by atoms with Crippen LogP contribution in [-0.2, 0) is 22.3 Å². The topological polar surface area (TPSA) is 67.9 Å². The number of amides is 2. The van der Waals surface area contributed by atoms with Crippen LogP contribution < -0.4 is 10.2 Å². The number of anilines is 1. The van der Waals surface area contributed by atoms with Gasteiger partial charge in [-0.2, -0.15) is 13.2 Å². The molecule has 1 N–H and O–H groups in total. The molecule has 9 heteroatoms. The quantitative estimate of drug-likeness (QED) is 0.611. The van der Waals surface area contributed by atoms with Gasteiger partial charge in [0, 0.05) is 17.0 Å². The van der Waals surface area contributed by atoms with Crippen LogP contribution in [0.25, 0.3) is 0 Å². The largest absolute Gasteiger partial charge is 0.449 e. The molecule has 2 unspecified atom stereocenters. The van der Waals surface area contributed by atoms with Crippen LogP contribution >= 0.6 is 0 Å². The maximum Gasteiger partial charge on any atom is 0.416 e. The van der Waals surface area contributed by atoms with Gasteiger partial charge in [-0.1, -0.05) is 37.2 Å². The molecule has 0 aliphatic carbocycles. The summed E-state index contributed by atoms with van der Waals surface area (Å²) in [6.45, 7) is -10.9. The van der Waals surface area contributed by atoms with E-state index in [0.717, 1.165) is 0 Å². The summed E-state index contributed by atoms with van der Waals surface area (Å²) >= 11 is 0. The van der Waals surface area contributed by atoms with Gasteiger partial charge in [0.1, 0.15) is 6.61 Å². The van der Waals surface area contributed by atoms with Crippen molar-refractivity contribution < 1.29 is 45.9 Å². The van der Waals surface area contributed by atoms with Gasteiger partial charge < -0.3 is 14.8 Å². The summed E-state index contributed by atoms with van der Waals surface area (Å²) in [4.78, 5) is 26.1. The van der Waals surface area contributed by atoms with Crippen LogP contribution in [-0.4, -0.2) is 24.8 Å². The first kappa shape index (κ1) is 13.3. The number of alkyl halides is 3. The van der Waals surface area contributed by atoms with E-state index in [1.54, 1.807) is 30.3 Å². The Morgan fingerprint density at radius 1 is 1.19 bits per heavy atom. The summed E-state index contributed by atoms with van der Waals surface area (Å²) < 4.78 is 127. The van der Waals surface area contributed by atoms with Crippen molar-refractivity contribution in [2.24, 2.45) is 0 Å². The highest BCUT2D eigenvalue weighted by molar-refractivity contribution is 5.90. The highest BCUT2D eigenvalue weighted by Gasteiger charge is 2.39. The van der Waals surface area contributed by atoms with Crippen molar-refractivity contribution in [3.05, 3.63) is 65.2 Å². The SMILES string of the molecule is [2H]C([2H])([2H])C([2H])([2H])OC(=O)N1c2ccc(C(F)(F)F)cc2C(NC(=O)OCc2ccccc2)CC1C([2H])([2H])C([2H])([2H])[2H]. The van der Waals surface area contributed by atoms with Crippen LogP contribution in [0.15, 0.2) is 48.5 Å². The minimum absolute atomic E-state index is 0.253. The number of halogens is 3. The molecule has 1 heterocycles. The number of fused-ring (bicyclic) bond motifs is 1. The zero-order valence-corrected chi connectivity index (χ0v) is 16.4. The first-order valence-corrected chi connectivity index (χ1v) is 9.27. The Kier molecular flexibility index (Phi) is 4.14. The minimum Gasteiger partial charge on any atom is -0.449 e. The van der Waals surface area contributed by atoms with Crippen molar-refractivity contribution >= 4 is 17.9 Å². The lowest BCUT2D eigenvalue weighted by Crippen LogP contribution is -2.47. The number of alkyl carbamates (subject to hydrolysis) is 1. The van der Waals surface area contributed by atoms with E-state index < -0.39 is 80.3 Å². The number of ether oxygens (including phenoxy) is 2. The average Bonchev–Trinajstić information content (AvgIpc) is 2.85. The number of hydrogen-bond acceptors (Lipinski definition) is 4. The van der Waals surface area contributed by atoms with Gasteiger partial charge in [-0.3, -0.25) is 4.90 Å². The fraction of sp³-hybridized carbons (Fsp3) is 0.391. The number of rotatable bonds is 5. The molecule has 3 rings (SSSR count). The Morgan fingerprint density at radius 3 is 2.66 bits per heavy atom. The Labute approximate surface area is 198 Å². The predicted octanol–water partition coefficient (Wildman–Crippen LogP) is 5.82. The van der Waals surface area contributed by atoms with Gasteiger partial charge in [-0.25, -0.2) is 9.59 Å². The molecule has 1 aliphatic heterocycles. The molecule has 0 bridgehead atoms. The highest BCUT2D eigenvalue weighted by atomic mass is 19.4. The average molecular weight is 461 g/mol. The second-order valence-electron chi connectivity index (χ2n) is 6.77. The van der Waals surface area contributed by atoms with Crippen molar-refractivity contribution in [2.75, 3.05) is 11.5 Å². The van der Waals surface area contributed by atoms with Crippen molar-refractivity contribution in [1.29, 1.82) is 0 Å². The predicted molar refractivity (Wildman–Crippen MR) is 112 cm³/mol. The molecule has 32 heavy (non-hydrogen) atoms. The lowest BCUT2D eigenvalue weighted by Gasteiger charge is -2.40. The lowest BCUT2D eigenvalue weighted by molar-refractivity contribution is -0.137. The Bertz CT molecular complexity index is 1300. The van der Waals surface area contributed by atoms with E-state index in [0.29, 0.717) is 23.8 Å². The van der Waals surface area contributed by atoms with Crippen LogP contribution in [0.3, 0.4) is 0 Å². The fourth-order valence-electron chi connectivity index (χ4n) is 3.34. The molecule has 0 spiro atoms. The van der Waals surface area contributed by atoms with Gasteiger partial charge in [0.25, 0.3) is 0 Å². The van der Waals surface area contributed by atoms with Crippen molar-refractivity contribution in [3.63, 3.8) is 0 Å². The van der Waals surface area contributed by atoms with E-state index in [1.807, 2.05) is 0 Å². The van der Waals surface area contributed by atoms with Crippen LogP contribution in [0, 0.1) is 0 Å². The van der Waals surface area contributed by atoms with Gasteiger partial charge in [0.2, 0.25) is 0 Å². The summed E-state index contributed by atoms with van der Waals surface area (Å²) in [5, 5.41) is 2.29. The number of carbonyl (C=O) groups is 2. The smallest absolute Gasteiger partial charge is 0.416 e. The Morgan fingerprint density at radius 2 is 1.97 bits per heavy atom. The van der Waals surface area contributed by atoms with Gasteiger partial charge in [-0.15, -0.1) is 0 Å². The second kappa shape index (κ2) is 9.93. The summed E-state index contributed by atoms with van der Waals surface area (Å²) in [6, 6.07) is 6.35. The van der Waals surface area contributed by atoms with E-state index >= 15 is 0 Å². The van der Waals surface area contributed by atoms with E-state index in [9.17, 15) is 22.8 Å². The van der Waals surface area contributed by atoms with E-state index in [1.165, 1.54) is 0 Å². The maximum absolute atomic E-state index is 13.6. The molecule has 2 amide bonds. The molecule has 0 radical (unpaired) electrons. The van der Waals surface area contributed by atoms with Crippen molar-refractivity contribution in [1.82, 2.24) is 5.32 Å². The summed E-state index contributed by atoms with van der Waals surface area (Å²) in [5.41, 5.74) is -1.70. The molecule has 0 saturated carbocycles. The van der Waals surface area contributed by atoms with Crippen LogP contribution in [0.2, 0.25) is 0 Å². The van der Waals surface area contributed by atoms with Gasteiger partial charge >= 0.3 is 18.4 Å². The zero-order valence-electron chi connectivity index (χ0n) is 26.4. The molecule has 1 aliphatic rings. The Hall–Kier alpha value is -3.23. The van der Waals surface area contributed by atoms with Gasteiger partial charge in [0.05, 0.1) is 26.6 Å². The molecule has 2 aromatic carbocycles. The van der Waals surface area contributed by atoms with E-state index in [4.69, 9.17) is 18.4 Å². The van der Waals surface area contributed by atoms with Gasteiger partial charge in [0.15, 0.2) is 0 Å². The van der Waals surface area contributed by atoms with Crippen LogP contribution in [0.4, 0.5) is 28.4 Å². The standard InChI is InChI=1S/C23H25F3N2O4/c1-3-17-13-19(27-21(29)32-14-15-8-6-5-7-9-15)18-12-16(23(24,25)26)10-11-20(18)28(17)22(30)31-4-2/h5-12,17,19H,3-4,13-14H2,1-2H3,(H,27,29)/i1D3,2D3,3D2,4D2. The van der Waals surface area contributed by atoms with Gasteiger partial charge in [-0.05, 0) is 49.0 Å². The maximum atomic E-state index is 13.6. The second-order valence-corrected chi connectivity index (χ2v) is 6.77. The highest BCUT2D eigenvalue weighted by Crippen LogP contribution is 2.42. The number of hydrogen-bond donors (Lipinski definition) is 1. The molecule has 172 valence electrons. The number of benzene rings is 2. The molecule has 6 nitrogen and oxygen atoms in total. The third-order valence-electron chi connectivity index (χ3n) is 4.77. The van der Waals surface area contributed by atoms with Crippen LogP contribution in [0.5, 0.6) is 0 Å². The normalized spacial score (nSPS) is 24.3. The number of carbonyl (C=O) groups excluding carboxylic acids is 2. The molecular weight excluding hydrogens is 425 g/mol. The zero-order chi connectivity index (χ0) is 31.9. The number of nitrogens with zero attached hydrogens (tertiary/aromatic N) is 1. The third-order valence-corrected chi connectivity index (χ3v) is 4.77. The molecule has 0 saturated heterocycles. The van der Waals surface area contributed by atoms with Crippen molar-refractivity contribution in [2.45, 2.75) is 51.4 Å².